The second-order valence-electron chi connectivity index (χ2n) is 6.09. The summed E-state index contributed by atoms with van der Waals surface area (Å²) in [6.07, 6.45) is -0.346. The van der Waals surface area contributed by atoms with Crippen molar-refractivity contribution in [2.24, 2.45) is 10.7 Å². The highest BCUT2D eigenvalue weighted by atomic mass is 16.5. The van der Waals surface area contributed by atoms with Crippen LogP contribution in [0.3, 0.4) is 0 Å². The van der Waals surface area contributed by atoms with E-state index in [2.05, 4.69) is 4.99 Å². The smallest absolute Gasteiger partial charge is 0.326 e. The van der Waals surface area contributed by atoms with Crippen molar-refractivity contribution in [3.05, 3.63) is 54.1 Å². The maximum absolute atomic E-state index is 11.6. The number of guanidine groups is 1. The minimum atomic E-state index is -1.14. The molecular weight excluding hydrogens is 350 g/mol. The molecule has 0 amide bonds. The zero-order valence-electron chi connectivity index (χ0n) is 14.4. The van der Waals surface area contributed by atoms with Gasteiger partial charge in [-0.2, -0.15) is 0 Å². The molecule has 1 heterocycles. The Morgan fingerprint density at radius 1 is 1.15 bits per heavy atom. The van der Waals surface area contributed by atoms with Crippen LogP contribution in [-0.2, 0) is 16.1 Å². The lowest BCUT2D eigenvalue weighted by Gasteiger charge is -2.33. The predicted octanol–water partition coefficient (Wildman–Crippen LogP) is 2.56. The lowest BCUT2D eigenvalue weighted by molar-refractivity contribution is -0.143. The highest BCUT2D eigenvalue weighted by Gasteiger charge is 2.31. The molecule has 0 bridgehead atoms. The Morgan fingerprint density at radius 2 is 1.89 bits per heavy atom. The zero-order valence-corrected chi connectivity index (χ0v) is 14.4. The van der Waals surface area contributed by atoms with Crippen molar-refractivity contribution >= 4 is 23.6 Å². The maximum atomic E-state index is 11.6. The number of hydrogen-bond donors (Lipinski definition) is 3. The van der Waals surface area contributed by atoms with E-state index < -0.39 is 18.0 Å². The van der Waals surface area contributed by atoms with Gasteiger partial charge in [-0.05, 0) is 36.8 Å². The van der Waals surface area contributed by atoms with Gasteiger partial charge in [0.2, 0.25) is 0 Å². The minimum absolute atomic E-state index is 0.0528. The highest BCUT2D eigenvalue weighted by molar-refractivity contribution is 5.88. The fourth-order valence-corrected chi connectivity index (χ4v) is 2.88. The third-order valence-electron chi connectivity index (χ3n) is 4.19. The second-order valence-corrected chi connectivity index (χ2v) is 6.09. The number of ether oxygens (including phenoxy) is 1. The molecule has 0 spiro atoms. The molecule has 0 saturated heterocycles. The summed E-state index contributed by atoms with van der Waals surface area (Å²) >= 11 is 0. The fourth-order valence-electron chi connectivity index (χ4n) is 2.88. The number of aliphatic carboxylic acids is 2. The van der Waals surface area contributed by atoms with E-state index in [0.717, 1.165) is 5.56 Å². The average molecular weight is 369 g/mol. The Morgan fingerprint density at radius 3 is 2.56 bits per heavy atom. The van der Waals surface area contributed by atoms with Crippen LogP contribution in [0.4, 0.5) is 5.69 Å². The first-order valence-corrected chi connectivity index (χ1v) is 8.35. The van der Waals surface area contributed by atoms with Crippen molar-refractivity contribution in [2.45, 2.75) is 25.4 Å². The number of carboxylic acids is 2. The summed E-state index contributed by atoms with van der Waals surface area (Å²) < 4.78 is 5.80. The molecule has 0 radical (unpaired) electrons. The number of rotatable bonds is 7. The summed E-state index contributed by atoms with van der Waals surface area (Å²) in [4.78, 5) is 28.1. The Bertz CT molecular complexity index is 882. The third kappa shape index (κ3) is 4.35. The van der Waals surface area contributed by atoms with Crippen molar-refractivity contribution in [3.63, 3.8) is 0 Å². The van der Waals surface area contributed by atoms with E-state index in [9.17, 15) is 14.7 Å². The molecule has 27 heavy (non-hydrogen) atoms. The van der Waals surface area contributed by atoms with Crippen molar-refractivity contribution in [2.75, 3.05) is 0 Å². The van der Waals surface area contributed by atoms with Crippen LogP contribution in [0.5, 0.6) is 11.5 Å². The van der Waals surface area contributed by atoms with E-state index in [1.165, 1.54) is 4.90 Å². The lowest BCUT2D eigenvalue weighted by Crippen LogP contribution is -2.49. The fraction of sp³-hybridized carbons (Fsp3) is 0.211. The Hall–Kier alpha value is -3.55. The van der Waals surface area contributed by atoms with Crippen LogP contribution in [0.1, 0.15) is 18.4 Å². The molecule has 2 aromatic carbocycles. The SMILES string of the molecule is NC1=Nc2ccc(Oc3ccccc3)cc2CN1C(CCC(=O)O)C(=O)O. The van der Waals surface area contributed by atoms with Crippen molar-refractivity contribution in [3.8, 4) is 11.5 Å². The normalized spacial score (nSPS) is 14.1. The van der Waals surface area contributed by atoms with Gasteiger partial charge in [-0.3, -0.25) is 4.79 Å². The van der Waals surface area contributed by atoms with Crippen molar-refractivity contribution in [1.82, 2.24) is 4.90 Å². The van der Waals surface area contributed by atoms with E-state index in [4.69, 9.17) is 15.6 Å². The summed E-state index contributed by atoms with van der Waals surface area (Å²) in [6, 6.07) is 13.5. The van der Waals surface area contributed by atoms with Gasteiger partial charge in [0.25, 0.3) is 0 Å². The summed E-state index contributed by atoms with van der Waals surface area (Å²) in [7, 11) is 0. The van der Waals surface area contributed by atoms with E-state index in [0.29, 0.717) is 17.2 Å². The summed E-state index contributed by atoms with van der Waals surface area (Å²) in [5.41, 5.74) is 7.31. The van der Waals surface area contributed by atoms with E-state index in [1.807, 2.05) is 30.3 Å². The van der Waals surface area contributed by atoms with E-state index >= 15 is 0 Å². The number of fused-ring (bicyclic) bond motifs is 1. The van der Waals surface area contributed by atoms with E-state index in [1.54, 1.807) is 18.2 Å². The molecule has 0 saturated carbocycles. The second kappa shape index (κ2) is 7.77. The summed E-state index contributed by atoms with van der Waals surface area (Å²) in [5.74, 6) is -0.884. The number of hydrogen-bond acceptors (Lipinski definition) is 6. The Balaban J connectivity index is 1.83. The zero-order chi connectivity index (χ0) is 19.4. The minimum Gasteiger partial charge on any atom is -0.481 e. The van der Waals surface area contributed by atoms with Gasteiger partial charge in [0, 0.05) is 18.5 Å². The number of carboxylic acid groups (broad SMARTS) is 2. The monoisotopic (exact) mass is 369 g/mol. The van der Waals surface area contributed by atoms with Gasteiger partial charge >= 0.3 is 11.9 Å². The van der Waals surface area contributed by atoms with Gasteiger partial charge < -0.3 is 25.6 Å². The number of para-hydroxylation sites is 1. The number of nitrogens with zero attached hydrogens (tertiary/aromatic N) is 2. The topological polar surface area (TPSA) is 125 Å². The van der Waals surface area contributed by atoms with Gasteiger partial charge in [-0.15, -0.1) is 0 Å². The van der Waals surface area contributed by atoms with Crippen LogP contribution in [0.15, 0.2) is 53.5 Å². The molecule has 0 fully saturated rings. The Kier molecular flexibility index (Phi) is 5.25. The van der Waals surface area contributed by atoms with Crippen LogP contribution in [0, 0.1) is 0 Å². The van der Waals surface area contributed by atoms with Crippen LogP contribution in [0.2, 0.25) is 0 Å². The summed E-state index contributed by atoms with van der Waals surface area (Å²) in [6.45, 7) is 0.202. The first-order chi connectivity index (χ1) is 12.9. The molecule has 140 valence electrons. The molecule has 1 aliphatic rings. The van der Waals surface area contributed by atoms with Crippen molar-refractivity contribution < 1.29 is 24.5 Å². The predicted molar refractivity (Wildman–Crippen MR) is 98.1 cm³/mol. The van der Waals surface area contributed by atoms with Crippen LogP contribution >= 0.6 is 0 Å². The third-order valence-corrected chi connectivity index (χ3v) is 4.19. The maximum Gasteiger partial charge on any atom is 0.326 e. The molecule has 0 aliphatic carbocycles. The van der Waals surface area contributed by atoms with Gasteiger partial charge in [-0.25, -0.2) is 9.79 Å². The van der Waals surface area contributed by atoms with Crippen molar-refractivity contribution in [1.29, 1.82) is 0 Å². The number of benzene rings is 2. The van der Waals surface area contributed by atoms with Crippen LogP contribution in [0.25, 0.3) is 0 Å². The molecule has 2 aromatic rings. The van der Waals surface area contributed by atoms with Gasteiger partial charge in [0.05, 0.1) is 5.69 Å². The first-order valence-electron chi connectivity index (χ1n) is 8.35. The molecule has 1 aliphatic heterocycles. The van der Waals surface area contributed by atoms with E-state index in [-0.39, 0.29) is 25.3 Å². The molecular formula is C19H19N3O5. The molecule has 8 nitrogen and oxygen atoms in total. The quantitative estimate of drug-likeness (QED) is 0.685. The highest BCUT2D eigenvalue weighted by Crippen LogP contribution is 2.32. The Labute approximate surface area is 155 Å². The molecule has 0 aromatic heterocycles. The van der Waals surface area contributed by atoms with Crippen LogP contribution in [-0.4, -0.2) is 39.1 Å². The molecule has 1 unspecified atom stereocenters. The van der Waals surface area contributed by atoms with Gasteiger partial charge in [-0.1, -0.05) is 18.2 Å². The van der Waals surface area contributed by atoms with Gasteiger partial charge in [0.15, 0.2) is 5.96 Å². The van der Waals surface area contributed by atoms with Crippen LogP contribution < -0.4 is 10.5 Å². The number of aliphatic imine (C=N–C) groups is 1. The average Bonchev–Trinajstić information content (AvgIpc) is 2.63. The molecule has 1 atom stereocenters. The molecule has 8 heteroatoms. The standard InChI is InChI=1S/C19H19N3O5/c20-19-21-15-7-6-14(27-13-4-2-1-3-5-13)10-12(15)11-22(19)16(18(25)26)8-9-17(23)24/h1-7,10,16H,8-9,11H2,(H2,20,21)(H,23,24)(H,25,26). The molecule has 4 N–H and O–H groups in total. The first kappa shape index (κ1) is 18.2. The largest absolute Gasteiger partial charge is 0.481 e. The number of carbonyl (C=O) groups is 2. The molecule has 3 rings (SSSR count). The number of nitrogens with two attached hydrogens (primary N) is 1. The van der Waals surface area contributed by atoms with Gasteiger partial charge in [0.1, 0.15) is 17.5 Å². The lowest BCUT2D eigenvalue weighted by atomic mass is 10.1. The summed E-state index contributed by atoms with van der Waals surface area (Å²) in [5, 5.41) is 18.3.